The number of amides is 1. The van der Waals surface area contributed by atoms with Crippen molar-refractivity contribution >= 4 is 29.3 Å². The molecular weight excluding hydrogens is 389 g/mol. The van der Waals surface area contributed by atoms with Crippen LogP contribution >= 0.6 is 23.4 Å². The minimum Gasteiger partial charge on any atom is -0.337 e. The minimum atomic E-state index is -0.260. The van der Waals surface area contributed by atoms with Gasteiger partial charge in [0.1, 0.15) is 5.82 Å². The van der Waals surface area contributed by atoms with E-state index in [1.807, 2.05) is 12.1 Å². The first kappa shape index (κ1) is 19.4. The number of hydrogen-bond acceptors (Lipinski definition) is 5. The Labute approximate surface area is 165 Å². The van der Waals surface area contributed by atoms with Crippen molar-refractivity contribution in [1.29, 1.82) is 0 Å². The van der Waals surface area contributed by atoms with Crippen molar-refractivity contribution in [1.82, 2.24) is 15.0 Å². The largest absolute Gasteiger partial charge is 0.337 e. The van der Waals surface area contributed by atoms with Gasteiger partial charge in [-0.1, -0.05) is 47.1 Å². The van der Waals surface area contributed by atoms with E-state index < -0.39 is 0 Å². The molecule has 1 aromatic heterocycles. The second-order valence-electron chi connectivity index (χ2n) is 5.83. The maximum Gasteiger partial charge on any atom is 0.246 e. The summed E-state index contributed by atoms with van der Waals surface area (Å²) in [5.74, 6) is 1.00. The number of aromatic nitrogens is 2. The highest BCUT2D eigenvalue weighted by atomic mass is 35.5. The lowest BCUT2D eigenvalue weighted by molar-refractivity contribution is -0.127. The zero-order chi connectivity index (χ0) is 19.2. The van der Waals surface area contributed by atoms with Crippen LogP contribution in [0.4, 0.5) is 4.39 Å². The number of thioether (sulfide) groups is 1. The molecule has 0 saturated heterocycles. The summed E-state index contributed by atoms with van der Waals surface area (Å²) in [4.78, 5) is 18.0. The lowest BCUT2D eigenvalue weighted by Crippen LogP contribution is -2.28. The Morgan fingerprint density at radius 3 is 2.74 bits per heavy atom. The van der Waals surface area contributed by atoms with Crippen LogP contribution in [0.2, 0.25) is 5.02 Å². The fourth-order valence-corrected chi connectivity index (χ4v) is 3.51. The average Bonchev–Trinajstić information content (AvgIpc) is 3.11. The van der Waals surface area contributed by atoms with Crippen LogP contribution in [0, 0.1) is 5.82 Å². The Kier molecular flexibility index (Phi) is 6.47. The molecule has 1 amide bonds. The summed E-state index contributed by atoms with van der Waals surface area (Å²) in [6, 6.07) is 13.7. The highest BCUT2D eigenvalue weighted by molar-refractivity contribution is 7.99. The molecule has 0 aliphatic heterocycles. The van der Waals surface area contributed by atoms with E-state index in [4.69, 9.17) is 16.1 Å². The highest BCUT2D eigenvalue weighted by Gasteiger charge is 2.16. The lowest BCUT2D eigenvalue weighted by Gasteiger charge is -2.14. The fraction of sp³-hybridized carbons (Fsp3) is 0.211. The summed E-state index contributed by atoms with van der Waals surface area (Å²) in [7, 11) is 1.66. The molecule has 5 nitrogen and oxygen atoms in total. The van der Waals surface area contributed by atoms with Gasteiger partial charge in [0.05, 0.1) is 17.3 Å². The zero-order valence-corrected chi connectivity index (χ0v) is 16.1. The van der Waals surface area contributed by atoms with Gasteiger partial charge in [-0.15, -0.1) is 11.8 Å². The first-order valence-electron chi connectivity index (χ1n) is 8.17. The lowest BCUT2D eigenvalue weighted by atomic mass is 10.2. The zero-order valence-electron chi connectivity index (χ0n) is 14.6. The number of carbonyl (C=O) groups excluding carboxylic acids is 1. The number of nitrogens with zero attached hydrogens (tertiary/aromatic N) is 3. The molecule has 0 aliphatic carbocycles. The van der Waals surface area contributed by atoms with Crippen LogP contribution in [0.15, 0.2) is 53.1 Å². The monoisotopic (exact) mass is 405 g/mol. The molecule has 27 heavy (non-hydrogen) atoms. The normalized spacial score (nSPS) is 10.8. The molecule has 3 rings (SSSR count). The van der Waals surface area contributed by atoms with E-state index in [9.17, 15) is 9.18 Å². The Balaban J connectivity index is 1.53. The number of benzene rings is 2. The van der Waals surface area contributed by atoms with Crippen molar-refractivity contribution in [2.75, 3.05) is 12.8 Å². The van der Waals surface area contributed by atoms with Gasteiger partial charge < -0.3 is 9.42 Å². The molecule has 0 radical (unpaired) electrons. The number of hydrogen-bond donors (Lipinski definition) is 0. The van der Waals surface area contributed by atoms with Gasteiger partial charge in [0.15, 0.2) is 0 Å². The molecule has 0 spiro atoms. The van der Waals surface area contributed by atoms with Crippen molar-refractivity contribution in [3.63, 3.8) is 0 Å². The molecule has 140 valence electrons. The van der Waals surface area contributed by atoms with Crippen LogP contribution in [0.3, 0.4) is 0 Å². The van der Waals surface area contributed by atoms with Gasteiger partial charge in [-0.2, -0.15) is 4.98 Å². The van der Waals surface area contributed by atoms with Gasteiger partial charge >= 0.3 is 0 Å². The summed E-state index contributed by atoms with van der Waals surface area (Å²) in [5, 5.41) is 4.44. The van der Waals surface area contributed by atoms with Crippen molar-refractivity contribution in [2.45, 2.75) is 12.3 Å². The van der Waals surface area contributed by atoms with Crippen molar-refractivity contribution < 1.29 is 13.7 Å². The second kappa shape index (κ2) is 9.01. The van der Waals surface area contributed by atoms with Crippen LogP contribution in [0.1, 0.15) is 11.5 Å². The van der Waals surface area contributed by atoms with Gasteiger partial charge in [0, 0.05) is 18.4 Å². The molecule has 0 N–H and O–H groups in total. The molecule has 0 fully saturated rings. The van der Waals surface area contributed by atoms with E-state index in [0.717, 1.165) is 0 Å². The summed E-state index contributed by atoms with van der Waals surface area (Å²) in [5.41, 5.74) is 1.25. The number of halogens is 2. The maximum atomic E-state index is 13.6. The summed E-state index contributed by atoms with van der Waals surface area (Å²) in [6.45, 7) is 0.191. The SMILES string of the molecule is CN(Cc1nc(-c2ccccc2Cl)no1)C(=O)CSCc1ccccc1F. The summed E-state index contributed by atoms with van der Waals surface area (Å²) < 4.78 is 18.8. The van der Waals surface area contributed by atoms with Gasteiger partial charge in [-0.05, 0) is 23.8 Å². The van der Waals surface area contributed by atoms with Gasteiger partial charge in [0.25, 0.3) is 0 Å². The van der Waals surface area contributed by atoms with Gasteiger partial charge in [-0.3, -0.25) is 4.79 Å². The van der Waals surface area contributed by atoms with E-state index in [2.05, 4.69) is 10.1 Å². The third-order valence-corrected chi connectivity index (χ3v) is 5.12. The molecule has 3 aromatic rings. The Morgan fingerprint density at radius 2 is 1.96 bits per heavy atom. The van der Waals surface area contributed by atoms with Crippen LogP contribution in [0.5, 0.6) is 0 Å². The molecule has 0 atom stereocenters. The van der Waals surface area contributed by atoms with E-state index in [1.165, 1.54) is 22.7 Å². The topological polar surface area (TPSA) is 59.2 Å². The quantitative estimate of drug-likeness (QED) is 0.582. The molecule has 0 bridgehead atoms. The van der Waals surface area contributed by atoms with Gasteiger partial charge in [-0.25, -0.2) is 4.39 Å². The predicted octanol–water partition coefficient (Wildman–Crippen LogP) is 4.42. The first-order valence-corrected chi connectivity index (χ1v) is 9.70. The highest BCUT2D eigenvalue weighted by Crippen LogP contribution is 2.25. The third-order valence-electron chi connectivity index (χ3n) is 3.82. The Morgan fingerprint density at radius 1 is 1.22 bits per heavy atom. The predicted molar refractivity (Wildman–Crippen MR) is 104 cm³/mol. The summed E-state index contributed by atoms with van der Waals surface area (Å²) in [6.07, 6.45) is 0. The van der Waals surface area contributed by atoms with E-state index in [0.29, 0.717) is 33.6 Å². The van der Waals surface area contributed by atoms with Crippen LogP contribution < -0.4 is 0 Å². The number of rotatable bonds is 7. The van der Waals surface area contributed by atoms with E-state index >= 15 is 0 Å². The number of carbonyl (C=O) groups is 1. The molecule has 2 aromatic carbocycles. The Bertz CT molecular complexity index is 935. The van der Waals surface area contributed by atoms with E-state index in [1.54, 1.807) is 37.4 Å². The smallest absolute Gasteiger partial charge is 0.246 e. The Hall–Kier alpha value is -2.38. The molecule has 8 heteroatoms. The fourth-order valence-electron chi connectivity index (χ4n) is 2.34. The van der Waals surface area contributed by atoms with Gasteiger partial charge in [0.2, 0.25) is 17.6 Å². The van der Waals surface area contributed by atoms with E-state index in [-0.39, 0.29) is 24.0 Å². The van der Waals surface area contributed by atoms with Crippen LogP contribution in [-0.4, -0.2) is 33.7 Å². The molecule has 0 aliphatic rings. The standard InChI is InChI=1S/C19H17ClFN3O2S/c1-24(18(25)12-27-11-13-6-2-5-9-16(13)21)10-17-22-19(23-26-17)14-7-3-4-8-15(14)20/h2-9H,10-12H2,1H3. The maximum absolute atomic E-state index is 13.6. The third kappa shape index (κ3) is 5.08. The van der Waals surface area contributed by atoms with Crippen molar-refractivity contribution in [3.8, 4) is 11.4 Å². The molecule has 0 unspecified atom stereocenters. The average molecular weight is 406 g/mol. The molecular formula is C19H17ClFN3O2S. The molecule has 1 heterocycles. The van der Waals surface area contributed by atoms with Crippen molar-refractivity contribution in [3.05, 3.63) is 70.8 Å². The van der Waals surface area contributed by atoms with Crippen LogP contribution in [-0.2, 0) is 17.1 Å². The van der Waals surface area contributed by atoms with Crippen LogP contribution in [0.25, 0.3) is 11.4 Å². The van der Waals surface area contributed by atoms with Crippen molar-refractivity contribution in [2.24, 2.45) is 0 Å². The molecule has 0 saturated carbocycles. The second-order valence-corrected chi connectivity index (χ2v) is 7.22. The minimum absolute atomic E-state index is 0.103. The summed E-state index contributed by atoms with van der Waals surface area (Å²) >= 11 is 7.48. The first-order chi connectivity index (χ1) is 13.0.